The Balaban J connectivity index is 1.59. The van der Waals surface area contributed by atoms with Crippen LogP contribution in [0.3, 0.4) is 0 Å². The van der Waals surface area contributed by atoms with Gasteiger partial charge in [-0.3, -0.25) is 4.79 Å². The number of aryl methyl sites for hydroxylation is 1. The fourth-order valence-electron chi connectivity index (χ4n) is 3.32. The number of hydrogen-bond donors (Lipinski definition) is 1. The molecule has 0 spiro atoms. The van der Waals surface area contributed by atoms with Crippen molar-refractivity contribution in [1.82, 2.24) is 14.9 Å². The predicted octanol–water partition coefficient (Wildman–Crippen LogP) is 2.20. The average molecular weight is 399 g/mol. The van der Waals surface area contributed by atoms with E-state index in [1.54, 1.807) is 27.2 Å². The van der Waals surface area contributed by atoms with Gasteiger partial charge in [0.05, 0.1) is 7.11 Å². The Morgan fingerprint density at radius 3 is 2.48 bits per heavy atom. The van der Waals surface area contributed by atoms with Crippen LogP contribution in [0.1, 0.15) is 22.7 Å². The van der Waals surface area contributed by atoms with Crippen LogP contribution in [-0.4, -0.2) is 74.3 Å². The van der Waals surface area contributed by atoms with E-state index < -0.39 is 0 Å². The van der Waals surface area contributed by atoms with Crippen LogP contribution < -0.4 is 15.0 Å². The Bertz CT molecular complexity index is 804. The van der Waals surface area contributed by atoms with Crippen LogP contribution in [0, 0.1) is 6.92 Å². The number of hydrogen-bond acceptors (Lipinski definition) is 7. The lowest BCUT2D eigenvalue weighted by Gasteiger charge is -2.36. The quantitative estimate of drug-likeness (QED) is 0.682. The molecule has 0 unspecified atom stereocenters. The number of carbonyl (C=O) groups is 1. The lowest BCUT2D eigenvalue weighted by atomic mass is 10.2. The van der Waals surface area contributed by atoms with Crippen molar-refractivity contribution >= 4 is 17.4 Å². The maximum atomic E-state index is 13.0. The van der Waals surface area contributed by atoms with Gasteiger partial charge in [-0.15, -0.1) is 0 Å². The van der Waals surface area contributed by atoms with Crippen LogP contribution in [0.5, 0.6) is 5.75 Å². The van der Waals surface area contributed by atoms with Gasteiger partial charge < -0.3 is 24.6 Å². The molecular formula is C21H29N5O3. The highest BCUT2D eigenvalue weighted by Crippen LogP contribution is 2.21. The minimum absolute atomic E-state index is 0.0511. The third kappa shape index (κ3) is 5.57. The molecule has 1 amide bonds. The third-order valence-corrected chi connectivity index (χ3v) is 4.89. The summed E-state index contributed by atoms with van der Waals surface area (Å²) in [6.07, 6.45) is 0.871. The van der Waals surface area contributed by atoms with E-state index in [0.29, 0.717) is 37.0 Å². The number of amides is 1. The van der Waals surface area contributed by atoms with E-state index in [9.17, 15) is 4.79 Å². The van der Waals surface area contributed by atoms with Gasteiger partial charge in [0.1, 0.15) is 23.1 Å². The zero-order valence-corrected chi connectivity index (χ0v) is 17.4. The van der Waals surface area contributed by atoms with Crippen molar-refractivity contribution in [2.75, 3.05) is 63.8 Å². The molecule has 0 radical (unpaired) electrons. The molecule has 1 aliphatic heterocycles. The Labute approximate surface area is 171 Å². The van der Waals surface area contributed by atoms with Crippen LogP contribution in [0.2, 0.25) is 0 Å². The molecule has 1 aromatic carbocycles. The number of benzene rings is 1. The van der Waals surface area contributed by atoms with Crippen LogP contribution >= 0.6 is 0 Å². The molecule has 1 saturated heterocycles. The molecule has 2 aromatic rings. The van der Waals surface area contributed by atoms with E-state index in [0.717, 1.165) is 37.5 Å². The Hall–Kier alpha value is -2.87. The van der Waals surface area contributed by atoms with Gasteiger partial charge in [-0.25, -0.2) is 9.97 Å². The summed E-state index contributed by atoms with van der Waals surface area (Å²) in [6.45, 7) is 6.10. The highest BCUT2D eigenvalue weighted by molar-refractivity contribution is 5.93. The van der Waals surface area contributed by atoms with Crippen molar-refractivity contribution in [2.24, 2.45) is 0 Å². The molecule has 1 fully saturated rings. The first kappa shape index (κ1) is 20.9. The van der Waals surface area contributed by atoms with Crippen molar-refractivity contribution in [3.63, 3.8) is 0 Å². The van der Waals surface area contributed by atoms with Crippen molar-refractivity contribution in [1.29, 1.82) is 0 Å². The molecule has 1 N–H and O–H groups in total. The Kier molecular flexibility index (Phi) is 7.24. The topological polar surface area (TPSA) is 79.8 Å². The number of carbonyl (C=O) groups excluding carboxylic acids is 1. The summed E-state index contributed by atoms with van der Waals surface area (Å²) in [5.74, 6) is 2.05. The lowest BCUT2D eigenvalue weighted by molar-refractivity contribution is 0.0740. The Morgan fingerprint density at radius 1 is 1.10 bits per heavy atom. The second kappa shape index (κ2) is 10.1. The van der Waals surface area contributed by atoms with Crippen LogP contribution in [0.25, 0.3) is 0 Å². The molecule has 8 heteroatoms. The molecule has 1 aromatic heterocycles. The number of nitrogens with zero attached hydrogens (tertiary/aromatic N) is 4. The lowest BCUT2D eigenvalue weighted by Crippen LogP contribution is -2.49. The predicted molar refractivity (Wildman–Crippen MR) is 113 cm³/mol. The van der Waals surface area contributed by atoms with Crippen LogP contribution in [-0.2, 0) is 4.74 Å². The number of nitrogens with one attached hydrogen (secondary N) is 1. The minimum atomic E-state index is -0.0511. The molecule has 0 saturated carbocycles. The van der Waals surface area contributed by atoms with Gasteiger partial charge in [-0.05, 0) is 37.6 Å². The molecule has 8 nitrogen and oxygen atoms in total. The van der Waals surface area contributed by atoms with Gasteiger partial charge in [0.15, 0.2) is 0 Å². The van der Waals surface area contributed by atoms with E-state index in [4.69, 9.17) is 9.47 Å². The van der Waals surface area contributed by atoms with Gasteiger partial charge in [0, 0.05) is 58.2 Å². The number of methoxy groups -OCH3 is 2. The molecule has 0 aliphatic carbocycles. The molecule has 0 bridgehead atoms. The fraction of sp³-hybridized carbons (Fsp3) is 0.476. The molecule has 3 rings (SSSR count). The van der Waals surface area contributed by atoms with E-state index in [1.807, 2.05) is 29.2 Å². The van der Waals surface area contributed by atoms with Gasteiger partial charge in [0.2, 0.25) is 0 Å². The summed E-state index contributed by atoms with van der Waals surface area (Å²) in [4.78, 5) is 25.8. The van der Waals surface area contributed by atoms with E-state index in [-0.39, 0.29) is 5.91 Å². The monoisotopic (exact) mass is 399 g/mol. The van der Waals surface area contributed by atoms with Gasteiger partial charge >= 0.3 is 0 Å². The first-order valence-corrected chi connectivity index (χ1v) is 9.87. The van der Waals surface area contributed by atoms with Crippen molar-refractivity contribution in [3.05, 3.63) is 41.9 Å². The number of rotatable bonds is 8. The average Bonchev–Trinajstić information content (AvgIpc) is 2.76. The Morgan fingerprint density at radius 2 is 1.83 bits per heavy atom. The molecule has 29 heavy (non-hydrogen) atoms. The molecule has 2 heterocycles. The number of anilines is 2. The summed E-state index contributed by atoms with van der Waals surface area (Å²) in [5, 5.41) is 3.24. The largest absolute Gasteiger partial charge is 0.497 e. The zero-order chi connectivity index (χ0) is 20.6. The van der Waals surface area contributed by atoms with Gasteiger partial charge in [-0.1, -0.05) is 0 Å². The van der Waals surface area contributed by atoms with Crippen molar-refractivity contribution < 1.29 is 14.3 Å². The second-order valence-electron chi connectivity index (χ2n) is 6.94. The van der Waals surface area contributed by atoms with E-state index >= 15 is 0 Å². The van der Waals surface area contributed by atoms with E-state index in [1.165, 1.54) is 0 Å². The van der Waals surface area contributed by atoms with E-state index in [2.05, 4.69) is 20.2 Å². The fourth-order valence-corrected chi connectivity index (χ4v) is 3.32. The smallest absolute Gasteiger partial charge is 0.272 e. The van der Waals surface area contributed by atoms with Crippen molar-refractivity contribution in [3.8, 4) is 5.75 Å². The number of aromatic nitrogens is 2. The summed E-state index contributed by atoms with van der Waals surface area (Å²) in [5.41, 5.74) is 1.57. The summed E-state index contributed by atoms with van der Waals surface area (Å²) in [7, 11) is 3.34. The molecule has 1 aliphatic rings. The zero-order valence-electron chi connectivity index (χ0n) is 17.4. The standard InChI is InChI=1S/C21H29N5O3/c1-16-23-19(15-20(24-16)22-9-4-14-28-2)21(27)26-12-10-25(11-13-26)17-5-7-18(29-3)8-6-17/h5-8,15H,4,9-14H2,1-3H3,(H,22,23,24). The molecule has 156 valence electrons. The number of piperazine rings is 1. The minimum Gasteiger partial charge on any atom is -0.497 e. The maximum Gasteiger partial charge on any atom is 0.272 e. The number of ether oxygens (including phenoxy) is 2. The summed E-state index contributed by atoms with van der Waals surface area (Å²) >= 11 is 0. The van der Waals surface area contributed by atoms with Crippen molar-refractivity contribution in [2.45, 2.75) is 13.3 Å². The highest BCUT2D eigenvalue weighted by atomic mass is 16.5. The third-order valence-electron chi connectivity index (χ3n) is 4.89. The van der Waals surface area contributed by atoms with Crippen LogP contribution in [0.4, 0.5) is 11.5 Å². The summed E-state index contributed by atoms with van der Waals surface area (Å²) in [6, 6.07) is 9.74. The van der Waals surface area contributed by atoms with Gasteiger partial charge in [0.25, 0.3) is 5.91 Å². The maximum absolute atomic E-state index is 13.0. The second-order valence-corrected chi connectivity index (χ2v) is 6.94. The first-order chi connectivity index (χ1) is 14.1. The molecular weight excluding hydrogens is 370 g/mol. The van der Waals surface area contributed by atoms with Gasteiger partial charge in [-0.2, -0.15) is 0 Å². The molecule has 0 atom stereocenters. The first-order valence-electron chi connectivity index (χ1n) is 9.87. The highest BCUT2D eigenvalue weighted by Gasteiger charge is 2.24. The SMILES string of the molecule is COCCCNc1cc(C(=O)N2CCN(c3ccc(OC)cc3)CC2)nc(C)n1. The van der Waals surface area contributed by atoms with Crippen LogP contribution in [0.15, 0.2) is 30.3 Å². The normalized spacial score (nSPS) is 14.0. The summed E-state index contributed by atoms with van der Waals surface area (Å²) < 4.78 is 10.3.